The van der Waals surface area contributed by atoms with Crippen molar-refractivity contribution in [2.75, 3.05) is 13.2 Å². The lowest BCUT2D eigenvalue weighted by Gasteiger charge is -2.10. The Labute approximate surface area is 112 Å². The van der Waals surface area contributed by atoms with Crippen molar-refractivity contribution in [3.8, 4) is 5.75 Å². The smallest absolute Gasteiger partial charge is 0.250 e. The van der Waals surface area contributed by atoms with Gasteiger partial charge in [0.2, 0.25) is 5.91 Å². The van der Waals surface area contributed by atoms with Crippen molar-refractivity contribution in [2.24, 2.45) is 5.73 Å². The number of hydrogen-bond donors (Lipinski definition) is 2. The van der Waals surface area contributed by atoms with Crippen LogP contribution < -0.4 is 15.8 Å². The molecule has 0 saturated heterocycles. The average Bonchev–Trinajstić information content (AvgIpc) is 2.27. The van der Waals surface area contributed by atoms with Gasteiger partial charge in [0.25, 0.3) is 0 Å². The van der Waals surface area contributed by atoms with Crippen molar-refractivity contribution >= 4 is 17.5 Å². The number of primary amides is 1. The molecule has 0 aliphatic rings. The van der Waals surface area contributed by atoms with Crippen LogP contribution in [-0.2, 0) is 0 Å². The first kappa shape index (κ1) is 14.8. The molecule has 100 valence electrons. The van der Waals surface area contributed by atoms with Crippen molar-refractivity contribution in [2.45, 2.75) is 26.3 Å². The highest BCUT2D eigenvalue weighted by Crippen LogP contribution is 2.22. The van der Waals surface area contributed by atoms with Gasteiger partial charge in [-0.1, -0.05) is 25.4 Å². The summed E-state index contributed by atoms with van der Waals surface area (Å²) >= 11 is 5.91. The number of nitrogens with one attached hydrogen (secondary N) is 1. The number of carbonyl (C=O) groups excluding carboxylic acids is 1. The summed E-state index contributed by atoms with van der Waals surface area (Å²) in [5.41, 5.74) is 5.47. The quantitative estimate of drug-likeness (QED) is 0.747. The molecule has 0 aliphatic carbocycles. The van der Waals surface area contributed by atoms with Crippen molar-refractivity contribution < 1.29 is 9.53 Å². The number of halogens is 1. The van der Waals surface area contributed by atoms with Gasteiger partial charge in [0.05, 0.1) is 17.2 Å². The summed E-state index contributed by atoms with van der Waals surface area (Å²) in [5.74, 6) is 0.113. The zero-order valence-corrected chi connectivity index (χ0v) is 11.5. The summed E-state index contributed by atoms with van der Waals surface area (Å²) in [6.45, 7) is 5.71. The lowest BCUT2D eigenvalue weighted by atomic mass is 10.2. The van der Waals surface area contributed by atoms with Crippen LogP contribution in [-0.4, -0.2) is 25.1 Å². The van der Waals surface area contributed by atoms with Crippen LogP contribution in [0.3, 0.4) is 0 Å². The topological polar surface area (TPSA) is 64.3 Å². The van der Waals surface area contributed by atoms with Crippen LogP contribution in [0.1, 0.15) is 30.6 Å². The number of rotatable bonds is 7. The van der Waals surface area contributed by atoms with Gasteiger partial charge in [-0.3, -0.25) is 4.79 Å². The molecular formula is C13H19ClN2O2. The number of ether oxygens (including phenoxy) is 1. The summed E-state index contributed by atoms with van der Waals surface area (Å²) in [7, 11) is 0. The highest BCUT2D eigenvalue weighted by molar-refractivity contribution is 6.33. The summed E-state index contributed by atoms with van der Waals surface area (Å²) in [6, 6.07) is 5.36. The maximum absolute atomic E-state index is 11.0. The van der Waals surface area contributed by atoms with Crippen molar-refractivity contribution in [3.63, 3.8) is 0 Å². The van der Waals surface area contributed by atoms with E-state index in [1.54, 1.807) is 18.2 Å². The van der Waals surface area contributed by atoms with E-state index in [2.05, 4.69) is 19.2 Å². The molecular weight excluding hydrogens is 252 g/mol. The second kappa shape index (κ2) is 7.24. The van der Waals surface area contributed by atoms with E-state index < -0.39 is 5.91 Å². The van der Waals surface area contributed by atoms with E-state index in [1.807, 2.05) is 0 Å². The number of hydrogen-bond acceptors (Lipinski definition) is 3. The third-order valence-corrected chi connectivity index (χ3v) is 2.66. The first-order valence-corrected chi connectivity index (χ1v) is 6.34. The molecule has 3 N–H and O–H groups in total. The molecule has 0 spiro atoms. The van der Waals surface area contributed by atoms with Crippen LogP contribution in [0.4, 0.5) is 0 Å². The van der Waals surface area contributed by atoms with Crippen LogP contribution in [0.2, 0.25) is 5.02 Å². The minimum atomic E-state index is -0.535. The Kier molecular flexibility index (Phi) is 5.95. The van der Waals surface area contributed by atoms with Gasteiger partial charge >= 0.3 is 0 Å². The van der Waals surface area contributed by atoms with Gasteiger partial charge in [0.1, 0.15) is 5.75 Å². The molecule has 0 aromatic heterocycles. The molecule has 0 atom stereocenters. The van der Waals surface area contributed by atoms with Crippen LogP contribution in [0.15, 0.2) is 18.2 Å². The van der Waals surface area contributed by atoms with E-state index in [0.29, 0.717) is 29.0 Å². The van der Waals surface area contributed by atoms with Crippen LogP contribution in [0, 0.1) is 0 Å². The first-order valence-electron chi connectivity index (χ1n) is 5.96. The predicted molar refractivity (Wildman–Crippen MR) is 73.2 cm³/mol. The van der Waals surface area contributed by atoms with Crippen LogP contribution in [0.5, 0.6) is 5.75 Å². The fourth-order valence-corrected chi connectivity index (χ4v) is 1.70. The Morgan fingerprint density at radius 3 is 2.78 bits per heavy atom. The number of amides is 1. The van der Waals surface area contributed by atoms with E-state index in [1.165, 1.54) is 0 Å². The summed E-state index contributed by atoms with van der Waals surface area (Å²) < 4.78 is 5.53. The van der Waals surface area contributed by atoms with Gasteiger partial charge in [0, 0.05) is 6.04 Å². The number of nitrogens with two attached hydrogens (primary N) is 1. The summed E-state index contributed by atoms with van der Waals surface area (Å²) in [6.07, 6.45) is 0.910. The Morgan fingerprint density at radius 2 is 2.22 bits per heavy atom. The largest absolute Gasteiger partial charge is 0.493 e. The fourth-order valence-electron chi connectivity index (χ4n) is 1.44. The van der Waals surface area contributed by atoms with Crippen molar-refractivity contribution in [3.05, 3.63) is 28.8 Å². The van der Waals surface area contributed by atoms with Crippen molar-refractivity contribution in [1.82, 2.24) is 5.32 Å². The number of carbonyl (C=O) groups is 1. The fraction of sp³-hybridized carbons (Fsp3) is 0.462. The normalized spacial score (nSPS) is 10.7. The predicted octanol–water partition coefficient (Wildman–Crippen LogP) is 2.21. The minimum absolute atomic E-state index is 0.311. The van der Waals surface area contributed by atoms with E-state index in [9.17, 15) is 4.79 Å². The van der Waals surface area contributed by atoms with Gasteiger partial charge < -0.3 is 15.8 Å². The second-order valence-corrected chi connectivity index (χ2v) is 4.72. The summed E-state index contributed by atoms with van der Waals surface area (Å²) in [5, 5.41) is 3.62. The van der Waals surface area contributed by atoms with E-state index in [4.69, 9.17) is 22.1 Å². The van der Waals surface area contributed by atoms with Gasteiger partial charge in [0.15, 0.2) is 0 Å². The molecule has 18 heavy (non-hydrogen) atoms. The van der Waals surface area contributed by atoms with Crippen LogP contribution >= 0.6 is 11.6 Å². The zero-order chi connectivity index (χ0) is 13.5. The van der Waals surface area contributed by atoms with Gasteiger partial charge in [-0.2, -0.15) is 0 Å². The second-order valence-electron chi connectivity index (χ2n) is 4.32. The Morgan fingerprint density at radius 1 is 1.50 bits per heavy atom. The van der Waals surface area contributed by atoms with E-state index >= 15 is 0 Å². The zero-order valence-electron chi connectivity index (χ0n) is 10.7. The van der Waals surface area contributed by atoms with Crippen molar-refractivity contribution in [1.29, 1.82) is 0 Å². The lowest BCUT2D eigenvalue weighted by molar-refractivity contribution is 0.100. The Balaban J connectivity index is 2.39. The Bertz CT molecular complexity index is 408. The molecule has 1 aromatic carbocycles. The highest BCUT2D eigenvalue weighted by Gasteiger charge is 2.07. The van der Waals surface area contributed by atoms with Gasteiger partial charge in [-0.25, -0.2) is 0 Å². The molecule has 5 heteroatoms. The third kappa shape index (κ3) is 4.94. The molecule has 4 nitrogen and oxygen atoms in total. The molecule has 0 fully saturated rings. The molecule has 0 radical (unpaired) electrons. The molecule has 0 heterocycles. The maximum atomic E-state index is 11.0. The maximum Gasteiger partial charge on any atom is 0.250 e. The Hall–Kier alpha value is -1.26. The molecule has 1 aromatic rings. The first-order chi connectivity index (χ1) is 8.50. The van der Waals surface area contributed by atoms with Crippen LogP contribution in [0.25, 0.3) is 0 Å². The van der Waals surface area contributed by atoms with Gasteiger partial charge in [-0.05, 0) is 31.2 Å². The molecule has 0 saturated carbocycles. The minimum Gasteiger partial charge on any atom is -0.493 e. The molecule has 1 amide bonds. The SMILES string of the molecule is CC(C)NCCCOc1ccc(C(N)=O)c(Cl)c1. The molecule has 0 aliphatic heterocycles. The number of benzene rings is 1. The van der Waals surface area contributed by atoms with E-state index in [0.717, 1.165) is 13.0 Å². The molecule has 0 unspecified atom stereocenters. The van der Waals surface area contributed by atoms with E-state index in [-0.39, 0.29) is 0 Å². The standard InChI is InChI=1S/C13H19ClN2O2/c1-9(2)16-6-3-7-18-10-4-5-11(13(15)17)12(14)8-10/h4-5,8-9,16H,3,6-7H2,1-2H3,(H2,15,17). The highest BCUT2D eigenvalue weighted by atomic mass is 35.5. The van der Waals surface area contributed by atoms with Gasteiger partial charge in [-0.15, -0.1) is 0 Å². The summed E-state index contributed by atoms with van der Waals surface area (Å²) in [4.78, 5) is 11.0. The monoisotopic (exact) mass is 270 g/mol. The molecule has 0 bridgehead atoms. The average molecular weight is 271 g/mol. The third-order valence-electron chi connectivity index (χ3n) is 2.35. The lowest BCUT2D eigenvalue weighted by Crippen LogP contribution is -2.24. The molecule has 1 rings (SSSR count).